The highest BCUT2D eigenvalue weighted by Crippen LogP contribution is 2.13. The maximum atomic E-state index is 12.2. The summed E-state index contributed by atoms with van der Waals surface area (Å²) in [5.74, 6) is -1.19. The lowest BCUT2D eigenvalue weighted by molar-refractivity contribution is 0.0694. The summed E-state index contributed by atoms with van der Waals surface area (Å²) in [4.78, 5) is 25.8. The molecule has 110 valence electrons. The SMILES string of the molecule is CN1CCN(n2cc(C(=O)O)c(=O)c3ccccc32)CC1. The number of nitrogens with zero attached hydrogens (tertiary/aromatic N) is 3. The van der Waals surface area contributed by atoms with Crippen LogP contribution in [0.15, 0.2) is 35.3 Å². The molecule has 0 unspecified atom stereocenters. The van der Waals surface area contributed by atoms with Gasteiger partial charge in [-0.2, -0.15) is 0 Å². The van der Waals surface area contributed by atoms with Crippen molar-refractivity contribution in [3.63, 3.8) is 0 Å². The van der Waals surface area contributed by atoms with Gasteiger partial charge < -0.3 is 15.0 Å². The second-order valence-electron chi connectivity index (χ2n) is 5.30. The van der Waals surface area contributed by atoms with Crippen LogP contribution < -0.4 is 10.4 Å². The Morgan fingerprint density at radius 1 is 1.14 bits per heavy atom. The normalized spacial score (nSPS) is 16.3. The summed E-state index contributed by atoms with van der Waals surface area (Å²) in [6.45, 7) is 3.40. The van der Waals surface area contributed by atoms with Crippen molar-refractivity contribution in [2.75, 3.05) is 38.2 Å². The van der Waals surface area contributed by atoms with Crippen LogP contribution in [0.3, 0.4) is 0 Å². The van der Waals surface area contributed by atoms with Crippen molar-refractivity contribution < 1.29 is 9.90 Å². The monoisotopic (exact) mass is 287 g/mol. The summed E-state index contributed by atoms with van der Waals surface area (Å²) in [6, 6.07) is 7.13. The highest BCUT2D eigenvalue weighted by Gasteiger charge is 2.19. The molecule has 6 heteroatoms. The van der Waals surface area contributed by atoms with Gasteiger partial charge in [0.05, 0.1) is 5.52 Å². The van der Waals surface area contributed by atoms with E-state index in [9.17, 15) is 14.7 Å². The van der Waals surface area contributed by atoms with E-state index in [1.54, 1.807) is 12.1 Å². The summed E-state index contributed by atoms with van der Waals surface area (Å²) >= 11 is 0. The van der Waals surface area contributed by atoms with Crippen LogP contribution in [0.1, 0.15) is 10.4 Å². The van der Waals surface area contributed by atoms with E-state index in [0.717, 1.165) is 31.7 Å². The minimum atomic E-state index is -1.19. The van der Waals surface area contributed by atoms with Crippen LogP contribution in [-0.4, -0.2) is 53.9 Å². The molecule has 0 aliphatic carbocycles. The van der Waals surface area contributed by atoms with Crippen LogP contribution in [0, 0.1) is 0 Å². The zero-order chi connectivity index (χ0) is 15.0. The molecule has 0 saturated carbocycles. The van der Waals surface area contributed by atoms with E-state index in [-0.39, 0.29) is 5.56 Å². The Kier molecular flexibility index (Phi) is 3.39. The molecule has 1 aliphatic rings. The first-order valence-corrected chi connectivity index (χ1v) is 6.89. The Morgan fingerprint density at radius 3 is 2.48 bits per heavy atom. The van der Waals surface area contributed by atoms with Crippen molar-refractivity contribution in [3.8, 4) is 0 Å². The van der Waals surface area contributed by atoms with Gasteiger partial charge in [-0.1, -0.05) is 12.1 Å². The molecule has 1 aromatic carbocycles. The van der Waals surface area contributed by atoms with Crippen molar-refractivity contribution in [1.82, 2.24) is 9.58 Å². The fraction of sp³-hybridized carbons (Fsp3) is 0.333. The van der Waals surface area contributed by atoms with Crippen molar-refractivity contribution >= 4 is 16.9 Å². The molecule has 0 spiro atoms. The Hall–Kier alpha value is -2.34. The van der Waals surface area contributed by atoms with Gasteiger partial charge in [-0.05, 0) is 19.2 Å². The molecule has 0 radical (unpaired) electrons. The Labute approximate surface area is 121 Å². The van der Waals surface area contributed by atoms with Crippen LogP contribution in [0.25, 0.3) is 10.9 Å². The van der Waals surface area contributed by atoms with Gasteiger partial charge in [0.2, 0.25) is 5.43 Å². The van der Waals surface area contributed by atoms with E-state index in [2.05, 4.69) is 17.0 Å². The zero-order valence-electron chi connectivity index (χ0n) is 11.8. The molecule has 2 heterocycles. The fourth-order valence-electron chi connectivity index (χ4n) is 2.66. The first kappa shape index (κ1) is 13.6. The molecule has 2 aromatic rings. The van der Waals surface area contributed by atoms with E-state index in [0.29, 0.717) is 5.39 Å². The van der Waals surface area contributed by atoms with Gasteiger partial charge in [0.15, 0.2) is 0 Å². The standard InChI is InChI=1S/C15H17N3O3/c1-16-6-8-17(9-7-16)18-10-12(15(20)21)14(19)11-4-2-3-5-13(11)18/h2-5,10H,6-9H2,1H3,(H,20,21). The molecule has 1 saturated heterocycles. The number of para-hydroxylation sites is 1. The minimum Gasteiger partial charge on any atom is -0.477 e. The lowest BCUT2D eigenvalue weighted by Crippen LogP contribution is -2.50. The molecule has 1 aliphatic heterocycles. The molecular formula is C15H17N3O3. The highest BCUT2D eigenvalue weighted by atomic mass is 16.4. The number of carboxylic acids is 1. The van der Waals surface area contributed by atoms with E-state index < -0.39 is 11.4 Å². The van der Waals surface area contributed by atoms with Gasteiger partial charge in [0.25, 0.3) is 0 Å². The molecular weight excluding hydrogens is 270 g/mol. The van der Waals surface area contributed by atoms with Crippen LogP contribution >= 0.6 is 0 Å². The fourth-order valence-corrected chi connectivity index (χ4v) is 2.66. The summed E-state index contributed by atoms with van der Waals surface area (Å²) in [5.41, 5.74) is 0.133. The summed E-state index contributed by atoms with van der Waals surface area (Å²) in [5, 5.41) is 11.8. The highest BCUT2D eigenvalue weighted by molar-refractivity contribution is 5.92. The number of benzene rings is 1. The first-order chi connectivity index (χ1) is 10.1. The van der Waals surface area contributed by atoms with Gasteiger partial charge in [-0.3, -0.25) is 9.47 Å². The molecule has 3 rings (SSSR count). The molecule has 1 aromatic heterocycles. The van der Waals surface area contributed by atoms with Crippen LogP contribution in [0.2, 0.25) is 0 Å². The second kappa shape index (κ2) is 5.21. The summed E-state index contributed by atoms with van der Waals surface area (Å²) in [7, 11) is 2.06. The van der Waals surface area contributed by atoms with Crippen molar-refractivity contribution in [2.24, 2.45) is 0 Å². The third-order valence-electron chi connectivity index (χ3n) is 3.91. The molecule has 1 fully saturated rings. The van der Waals surface area contributed by atoms with Gasteiger partial charge >= 0.3 is 5.97 Å². The number of piperazine rings is 1. The lowest BCUT2D eigenvalue weighted by Gasteiger charge is -2.36. The number of aromatic nitrogens is 1. The number of aromatic carboxylic acids is 1. The number of likely N-dealkylation sites (N-methyl/N-ethyl adjacent to an activating group) is 1. The Balaban J connectivity index is 2.19. The number of fused-ring (bicyclic) bond motifs is 1. The first-order valence-electron chi connectivity index (χ1n) is 6.89. The van der Waals surface area contributed by atoms with Crippen LogP contribution in [-0.2, 0) is 0 Å². The third kappa shape index (κ3) is 2.38. The molecule has 1 N–H and O–H groups in total. The molecule has 0 bridgehead atoms. The summed E-state index contributed by atoms with van der Waals surface area (Å²) < 4.78 is 1.81. The maximum absolute atomic E-state index is 12.2. The van der Waals surface area contributed by atoms with E-state index in [1.165, 1.54) is 6.20 Å². The minimum absolute atomic E-state index is 0.187. The van der Waals surface area contributed by atoms with Gasteiger partial charge in [0, 0.05) is 37.8 Å². The number of rotatable bonds is 2. The number of carboxylic acid groups (broad SMARTS) is 1. The average Bonchev–Trinajstić information content (AvgIpc) is 2.49. The van der Waals surface area contributed by atoms with E-state index >= 15 is 0 Å². The van der Waals surface area contributed by atoms with Gasteiger partial charge in [-0.25, -0.2) is 4.79 Å². The predicted octanol–water partition coefficient (Wildman–Crippen LogP) is 0.583. The molecule has 0 amide bonds. The van der Waals surface area contributed by atoms with Crippen LogP contribution in [0.4, 0.5) is 0 Å². The average molecular weight is 287 g/mol. The maximum Gasteiger partial charge on any atom is 0.341 e. The van der Waals surface area contributed by atoms with E-state index in [4.69, 9.17) is 0 Å². The largest absolute Gasteiger partial charge is 0.477 e. The summed E-state index contributed by atoms with van der Waals surface area (Å²) in [6.07, 6.45) is 1.44. The van der Waals surface area contributed by atoms with Crippen LogP contribution in [0.5, 0.6) is 0 Å². The number of carbonyl (C=O) groups is 1. The molecule has 6 nitrogen and oxygen atoms in total. The topological polar surface area (TPSA) is 65.8 Å². The second-order valence-corrected chi connectivity index (χ2v) is 5.30. The molecule has 21 heavy (non-hydrogen) atoms. The van der Waals surface area contributed by atoms with Crippen molar-refractivity contribution in [2.45, 2.75) is 0 Å². The van der Waals surface area contributed by atoms with Gasteiger partial charge in [-0.15, -0.1) is 0 Å². The molecule has 0 atom stereocenters. The smallest absolute Gasteiger partial charge is 0.341 e. The van der Waals surface area contributed by atoms with Crippen molar-refractivity contribution in [3.05, 3.63) is 46.2 Å². The predicted molar refractivity (Wildman–Crippen MR) is 80.6 cm³/mol. The third-order valence-corrected chi connectivity index (χ3v) is 3.91. The number of hydrogen-bond donors (Lipinski definition) is 1. The zero-order valence-corrected chi connectivity index (χ0v) is 11.8. The number of pyridine rings is 1. The van der Waals surface area contributed by atoms with Crippen molar-refractivity contribution in [1.29, 1.82) is 0 Å². The quantitative estimate of drug-likeness (QED) is 0.875. The van der Waals surface area contributed by atoms with Gasteiger partial charge in [0.1, 0.15) is 5.56 Å². The number of hydrogen-bond acceptors (Lipinski definition) is 4. The Bertz CT molecular complexity index is 745. The Morgan fingerprint density at radius 2 is 1.81 bits per heavy atom. The van der Waals surface area contributed by atoms with E-state index in [1.807, 2.05) is 16.8 Å². The lowest BCUT2D eigenvalue weighted by atomic mass is 10.1.